The lowest BCUT2D eigenvalue weighted by Crippen LogP contribution is -2.43. The van der Waals surface area contributed by atoms with Crippen LogP contribution in [0, 0.1) is 0 Å². The highest BCUT2D eigenvalue weighted by molar-refractivity contribution is 6.30. The minimum Gasteiger partial charge on any atom is -0.484 e. The van der Waals surface area contributed by atoms with Crippen LogP contribution in [-0.4, -0.2) is 24.3 Å². The molecular weight excluding hydrogens is 314 g/mol. The molecule has 120 valence electrons. The largest absolute Gasteiger partial charge is 0.484 e. The Morgan fingerprint density at radius 1 is 1.09 bits per heavy atom. The number of hydrogen-bond donors (Lipinski definition) is 1. The molecule has 0 unspecified atom stereocenters. The number of carbonyl (C=O) groups excluding carboxylic acids is 2. The Morgan fingerprint density at radius 3 is 2.35 bits per heavy atom. The van der Waals surface area contributed by atoms with E-state index in [1.807, 2.05) is 30.3 Å². The van der Waals surface area contributed by atoms with Gasteiger partial charge in [-0.05, 0) is 43.2 Å². The van der Waals surface area contributed by atoms with Gasteiger partial charge in [0.1, 0.15) is 5.75 Å². The normalized spacial score (nSPS) is 11.6. The molecule has 2 aromatic carbocycles. The first-order valence-corrected chi connectivity index (χ1v) is 7.64. The van der Waals surface area contributed by atoms with E-state index in [0.29, 0.717) is 17.2 Å². The second-order valence-corrected chi connectivity index (χ2v) is 5.60. The van der Waals surface area contributed by atoms with Crippen LogP contribution in [0.4, 0.5) is 0 Å². The van der Waals surface area contributed by atoms with Crippen molar-refractivity contribution in [2.75, 3.05) is 6.61 Å². The standard InChI is InChI=1S/C18H18ClNO3/c1-13(21)17(11-14-5-3-2-4-6-14)20-18(22)12-23-16-9-7-15(19)8-10-16/h2-10,17H,11-12H2,1H3,(H,20,22)/t17-/m1/s1. The number of amides is 1. The third-order valence-electron chi connectivity index (χ3n) is 3.29. The minimum absolute atomic E-state index is 0.0892. The Labute approximate surface area is 140 Å². The fraction of sp³-hybridized carbons (Fsp3) is 0.222. The number of nitrogens with one attached hydrogen (secondary N) is 1. The van der Waals surface area contributed by atoms with E-state index in [2.05, 4.69) is 5.32 Å². The van der Waals surface area contributed by atoms with Crippen molar-refractivity contribution >= 4 is 23.3 Å². The summed E-state index contributed by atoms with van der Waals surface area (Å²) in [6.07, 6.45) is 0.461. The van der Waals surface area contributed by atoms with Gasteiger partial charge in [-0.25, -0.2) is 0 Å². The van der Waals surface area contributed by atoms with Gasteiger partial charge in [0.2, 0.25) is 0 Å². The monoisotopic (exact) mass is 331 g/mol. The van der Waals surface area contributed by atoms with Crippen LogP contribution in [0.2, 0.25) is 5.02 Å². The van der Waals surface area contributed by atoms with Crippen LogP contribution >= 0.6 is 11.6 Å². The summed E-state index contributed by atoms with van der Waals surface area (Å²) >= 11 is 5.78. The Kier molecular flexibility index (Phi) is 6.18. The molecule has 0 aliphatic heterocycles. The number of rotatable bonds is 7. The third kappa shape index (κ3) is 5.75. The van der Waals surface area contributed by atoms with Crippen molar-refractivity contribution in [2.45, 2.75) is 19.4 Å². The van der Waals surface area contributed by atoms with Crippen LogP contribution in [-0.2, 0) is 16.0 Å². The van der Waals surface area contributed by atoms with Gasteiger partial charge >= 0.3 is 0 Å². The van der Waals surface area contributed by atoms with Gasteiger partial charge in [-0.15, -0.1) is 0 Å². The maximum atomic E-state index is 12.0. The number of ether oxygens (including phenoxy) is 1. The van der Waals surface area contributed by atoms with E-state index in [1.54, 1.807) is 24.3 Å². The van der Waals surface area contributed by atoms with Crippen molar-refractivity contribution in [1.29, 1.82) is 0 Å². The van der Waals surface area contributed by atoms with Gasteiger partial charge in [-0.1, -0.05) is 41.9 Å². The van der Waals surface area contributed by atoms with Crippen molar-refractivity contribution in [2.24, 2.45) is 0 Å². The Hall–Kier alpha value is -2.33. The van der Waals surface area contributed by atoms with Crippen LogP contribution in [0.25, 0.3) is 0 Å². The highest BCUT2D eigenvalue weighted by Crippen LogP contribution is 2.15. The van der Waals surface area contributed by atoms with Crippen molar-refractivity contribution in [3.8, 4) is 5.75 Å². The van der Waals surface area contributed by atoms with Gasteiger partial charge < -0.3 is 10.1 Å². The fourth-order valence-electron chi connectivity index (χ4n) is 2.06. The van der Waals surface area contributed by atoms with Crippen molar-refractivity contribution in [3.05, 3.63) is 65.2 Å². The molecule has 0 spiro atoms. The topological polar surface area (TPSA) is 55.4 Å². The molecule has 0 aromatic heterocycles. The van der Waals surface area contributed by atoms with E-state index in [0.717, 1.165) is 5.56 Å². The second-order valence-electron chi connectivity index (χ2n) is 5.16. The van der Waals surface area contributed by atoms with Gasteiger partial charge in [-0.2, -0.15) is 0 Å². The van der Waals surface area contributed by atoms with Crippen molar-refractivity contribution in [1.82, 2.24) is 5.32 Å². The molecule has 0 fully saturated rings. The van der Waals surface area contributed by atoms with Crippen molar-refractivity contribution in [3.63, 3.8) is 0 Å². The highest BCUT2D eigenvalue weighted by Gasteiger charge is 2.17. The third-order valence-corrected chi connectivity index (χ3v) is 3.54. The molecule has 0 saturated heterocycles. The van der Waals surface area contributed by atoms with E-state index < -0.39 is 6.04 Å². The number of carbonyl (C=O) groups is 2. The first-order chi connectivity index (χ1) is 11.0. The minimum atomic E-state index is -0.557. The van der Waals surface area contributed by atoms with Gasteiger partial charge in [0.25, 0.3) is 5.91 Å². The van der Waals surface area contributed by atoms with Crippen LogP contribution in [0.1, 0.15) is 12.5 Å². The Morgan fingerprint density at radius 2 is 1.74 bits per heavy atom. The summed E-state index contributed by atoms with van der Waals surface area (Å²) in [5, 5.41) is 3.31. The van der Waals surface area contributed by atoms with Crippen molar-refractivity contribution < 1.29 is 14.3 Å². The van der Waals surface area contributed by atoms with Gasteiger partial charge in [0.15, 0.2) is 12.4 Å². The number of ketones is 1. The SMILES string of the molecule is CC(=O)[C@@H](Cc1ccccc1)NC(=O)COc1ccc(Cl)cc1. The van der Waals surface area contributed by atoms with Crippen LogP contribution in [0.15, 0.2) is 54.6 Å². The maximum Gasteiger partial charge on any atom is 0.258 e. The molecule has 0 aliphatic rings. The number of halogens is 1. The van der Waals surface area contributed by atoms with E-state index in [4.69, 9.17) is 16.3 Å². The average Bonchev–Trinajstić information content (AvgIpc) is 2.54. The van der Waals surface area contributed by atoms with Crippen LogP contribution in [0.5, 0.6) is 5.75 Å². The molecule has 0 radical (unpaired) electrons. The summed E-state index contributed by atoms with van der Waals surface area (Å²) < 4.78 is 5.37. The first kappa shape index (κ1) is 17.0. The molecule has 2 aromatic rings. The quantitative estimate of drug-likeness (QED) is 0.848. The second kappa shape index (κ2) is 8.34. The maximum absolute atomic E-state index is 12.0. The molecule has 0 saturated carbocycles. The highest BCUT2D eigenvalue weighted by atomic mass is 35.5. The van der Waals surface area contributed by atoms with E-state index in [9.17, 15) is 9.59 Å². The van der Waals surface area contributed by atoms with E-state index >= 15 is 0 Å². The van der Waals surface area contributed by atoms with Gasteiger partial charge in [0.05, 0.1) is 6.04 Å². The zero-order valence-electron chi connectivity index (χ0n) is 12.8. The summed E-state index contributed by atoms with van der Waals surface area (Å²) in [5.74, 6) is 0.122. The summed E-state index contributed by atoms with van der Waals surface area (Å²) in [7, 11) is 0. The smallest absolute Gasteiger partial charge is 0.258 e. The molecule has 0 heterocycles. The predicted octanol–water partition coefficient (Wildman–Crippen LogP) is 3.04. The lowest BCUT2D eigenvalue weighted by atomic mass is 10.0. The molecule has 1 N–H and O–H groups in total. The molecule has 2 rings (SSSR count). The molecular formula is C18H18ClNO3. The summed E-state index contributed by atoms with van der Waals surface area (Å²) in [6, 6.07) is 15.7. The molecule has 4 nitrogen and oxygen atoms in total. The molecule has 1 atom stereocenters. The molecule has 23 heavy (non-hydrogen) atoms. The number of benzene rings is 2. The molecule has 0 aliphatic carbocycles. The number of hydrogen-bond acceptors (Lipinski definition) is 3. The first-order valence-electron chi connectivity index (χ1n) is 7.26. The van der Waals surface area contributed by atoms with Crippen LogP contribution in [0.3, 0.4) is 0 Å². The summed E-state index contributed by atoms with van der Waals surface area (Å²) in [6.45, 7) is 1.31. The lowest BCUT2D eigenvalue weighted by molar-refractivity contribution is -0.128. The summed E-state index contributed by atoms with van der Waals surface area (Å²) in [5.41, 5.74) is 0.992. The fourth-order valence-corrected chi connectivity index (χ4v) is 2.19. The van der Waals surface area contributed by atoms with E-state index in [-0.39, 0.29) is 18.3 Å². The molecule has 5 heteroatoms. The van der Waals surface area contributed by atoms with Crippen LogP contribution < -0.4 is 10.1 Å². The summed E-state index contributed by atoms with van der Waals surface area (Å²) in [4.78, 5) is 23.7. The zero-order valence-corrected chi connectivity index (χ0v) is 13.5. The van der Waals surface area contributed by atoms with Gasteiger partial charge in [0, 0.05) is 5.02 Å². The average molecular weight is 332 g/mol. The number of Topliss-reactive ketones (excluding diaryl/α,β-unsaturated/α-hetero) is 1. The predicted molar refractivity (Wildman–Crippen MR) is 89.7 cm³/mol. The molecule has 1 amide bonds. The lowest BCUT2D eigenvalue weighted by Gasteiger charge is -2.16. The Bertz CT molecular complexity index is 656. The molecule has 0 bridgehead atoms. The van der Waals surface area contributed by atoms with E-state index in [1.165, 1.54) is 6.92 Å². The Balaban J connectivity index is 1.88. The van der Waals surface area contributed by atoms with Gasteiger partial charge in [-0.3, -0.25) is 9.59 Å². The zero-order chi connectivity index (χ0) is 16.7.